The van der Waals surface area contributed by atoms with E-state index in [9.17, 15) is 0 Å². The quantitative estimate of drug-likeness (QED) is 0.386. The highest BCUT2D eigenvalue weighted by Gasteiger charge is 2.13. The molecule has 0 bridgehead atoms. The highest BCUT2D eigenvalue weighted by Crippen LogP contribution is 2.25. The number of nitrogens with two attached hydrogens (primary N) is 1. The molecular weight excluding hydrogens is 441 g/mol. The molecular formula is C17H21ClIN3O2. The van der Waals surface area contributed by atoms with Crippen LogP contribution in [-0.2, 0) is 4.74 Å². The first kappa shape index (κ1) is 20.5. The van der Waals surface area contributed by atoms with Gasteiger partial charge < -0.3 is 20.5 Å². The average Bonchev–Trinajstić information content (AvgIpc) is 2.57. The van der Waals surface area contributed by atoms with E-state index in [0.717, 1.165) is 11.3 Å². The van der Waals surface area contributed by atoms with E-state index < -0.39 is 0 Å². The maximum absolute atomic E-state index is 6.19. The smallest absolute Gasteiger partial charge is 0.193 e. The topological polar surface area (TPSA) is 68.9 Å². The van der Waals surface area contributed by atoms with Gasteiger partial charge in [0.05, 0.1) is 19.3 Å². The molecule has 0 aliphatic carbocycles. The van der Waals surface area contributed by atoms with Crippen LogP contribution in [0.5, 0.6) is 5.75 Å². The van der Waals surface area contributed by atoms with Crippen molar-refractivity contribution in [1.29, 1.82) is 0 Å². The van der Waals surface area contributed by atoms with Gasteiger partial charge in [-0.05, 0) is 18.2 Å². The fourth-order valence-electron chi connectivity index (χ4n) is 2.14. The van der Waals surface area contributed by atoms with Crippen molar-refractivity contribution in [3.05, 3.63) is 59.1 Å². The number of aliphatic imine (C=N–C) groups is 1. The Morgan fingerprint density at radius 1 is 1.17 bits per heavy atom. The molecule has 130 valence electrons. The Labute approximate surface area is 164 Å². The molecule has 1 unspecified atom stereocenters. The number of hydrogen-bond acceptors (Lipinski definition) is 3. The van der Waals surface area contributed by atoms with Gasteiger partial charge in [-0.25, -0.2) is 0 Å². The largest absolute Gasteiger partial charge is 0.495 e. The molecule has 0 aliphatic heterocycles. The molecule has 5 nitrogen and oxygen atoms in total. The lowest BCUT2D eigenvalue weighted by Crippen LogP contribution is -2.24. The molecule has 0 heterocycles. The minimum Gasteiger partial charge on any atom is -0.495 e. The van der Waals surface area contributed by atoms with E-state index in [1.165, 1.54) is 0 Å². The molecule has 0 saturated carbocycles. The third kappa shape index (κ3) is 5.54. The molecule has 2 aromatic carbocycles. The monoisotopic (exact) mass is 461 g/mol. The van der Waals surface area contributed by atoms with E-state index >= 15 is 0 Å². The number of guanidine groups is 1. The Bertz CT molecular complexity index is 682. The van der Waals surface area contributed by atoms with Gasteiger partial charge in [-0.2, -0.15) is 0 Å². The number of ether oxygens (including phenoxy) is 2. The summed E-state index contributed by atoms with van der Waals surface area (Å²) in [4.78, 5) is 4.33. The number of nitrogens with one attached hydrogen (secondary N) is 1. The molecule has 7 heteroatoms. The lowest BCUT2D eigenvalue weighted by Gasteiger charge is -2.16. The first-order valence-corrected chi connectivity index (χ1v) is 7.50. The van der Waals surface area contributed by atoms with Crippen molar-refractivity contribution in [2.45, 2.75) is 6.10 Å². The summed E-state index contributed by atoms with van der Waals surface area (Å²) >= 11 is 6.19. The normalized spacial score (nSPS) is 12.2. The van der Waals surface area contributed by atoms with Crippen LogP contribution < -0.4 is 15.8 Å². The van der Waals surface area contributed by atoms with E-state index in [4.69, 9.17) is 26.8 Å². The Hall–Kier alpha value is -1.51. The Balaban J connectivity index is 0.00000288. The first-order chi connectivity index (χ1) is 11.2. The van der Waals surface area contributed by atoms with Crippen molar-refractivity contribution in [3.8, 4) is 5.75 Å². The predicted molar refractivity (Wildman–Crippen MR) is 110 cm³/mol. The van der Waals surface area contributed by atoms with Crippen molar-refractivity contribution in [2.75, 3.05) is 26.1 Å². The Kier molecular flexibility index (Phi) is 8.88. The minimum absolute atomic E-state index is 0. The number of nitrogens with zero attached hydrogens (tertiary/aromatic N) is 1. The zero-order valence-electron chi connectivity index (χ0n) is 13.5. The van der Waals surface area contributed by atoms with Gasteiger partial charge in [0.1, 0.15) is 11.9 Å². The lowest BCUT2D eigenvalue weighted by atomic mass is 10.1. The second-order valence-electron chi connectivity index (χ2n) is 4.80. The number of benzene rings is 2. The van der Waals surface area contributed by atoms with Crippen LogP contribution in [0.1, 0.15) is 11.7 Å². The standard InChI is InChI=1S/C17H20ClN3O2.HI/c1-22-15-10-6-5-9-14(15)21-17(19)20-11-16(23-2)12-7-3-4-8-13(12)18;/h3-10,16H,11H2,1-2H3,(H3,19,20,21);1H. The van der Waals surface area contributed by atoms with Gasteiger partial charge in [-0.3, -0.25) is 4.99 Å². The summed E-state index contributed by atoms with van der Waals surface area (Å²) in [6.45, 7) is 0.355. The van der Waals surface area contributed by atoms with Gasteiger partial charge in [0, 0.05) is 17.7 Å². The van der Waals surface area contributed by atoms with E-state index in [-0.39, 0.29) is 36.0 Å². The number of halogens is 2. The maximum atomic E-state index is 6.19. The highest BCUT2D eigenvalue weighted by molar-refractivity contribution is 14.0. The highest BCUT2D eigenvalue weighted by atomic mass is 127. The van der Waals surface area contributed by atoms with Crippen molar-refractivity contribution >= 4 is 47.2 Å². The van der Waals surface area contributed by atoms with Gasteiger partial charge in [-0.15, -0.1) is 24.0 Å². The first-order valence-electron chi connectivity index (χ1n) is 7.13. The lowest BCUT2D eigenvalue weighted by molar-refractivity contribution is 0.111. The van der Waals surface area contributed by atoms with Crippen LogP contribution in [0.15, 0.2) is 53.5 Å². The molecule has 0 aromatic heterocycles. The fraction of sp³-hybridized carbons (Fsp3) is 0.235. The van der Waals surface area contributed by atoms with Crippen LogP contribution in [0.2, 0.25) is 5.02 Å². The van der Waals surface area contributed by atoms with Gasteiger partial charge in [0.25, 0.3) is 0 Å². The molecule has 2 aromatic rings. The summed E-state index contributed by atoms with van der Waals surface area (Å²) in [7, 11) is 3.22. The number of hydrogen-bond donors (Lipinski definition) is 2. The summed E-state index contributed by atoms with van der Waals surface area (Å²) in [5.74, 6) is 0.976. The zero-order valence-corrected chi connectivity index (χ0v) is 16.6. The van der Waals surface area contributed by atoms with Crippen molar-refractivity contribution in [2.24, 2.45) is 10.7 Å². The molecule has 3 N–H and O–H groups in total. The van der Waals surface area contributed by atoms with E-state index in [1.54, 1.807) is 14.2 Å². The Morgan fingerprint density at radius 2 is 1.83 bits per heavy atom. The number of para-hydroxylation sites is 2. The van der Waals surface area contributed by atoms with Crippen LogP contribution in [-0.4, -0.2) is 26.7 Å². The third-order valence-corrected chi connectivity index (χ3v) is 3.68. The van der Waals surface area contributed by atoms with Crippen LogP contribution >= 0.6 is 35.6 Å². The molecule has 1 atom stereocenters. The predicted octanol–water partition coefficient (Wildman–Crippen LogP) is 4.08. The molecule has 0 saturated heterocycles. The molecule has 0 fully saturated rings. The summed E-state index contributed by atoms with van der Waals surface area (Å²) in [6, 6.07) is 15.0. The average molecular weight is 462 g/mol. The molecule has 0 amide bonds. The summed E-state index contributed by atoms with van der Waals surface area (Å²) in [5.41, 5.74) is 7.58. The SMILES string of the molecule is COc1ccccc1NC(N)=NCC(OC)c1ccccc1Cl.I. The third-order valence-electron chi connectivity index (χ3n) is 3.33. The van der Waals surface area contributed by atoms with Gasteiger partial charge >= 0.3 is 0 Å². The zero-order chi connectivity index (χ0) is 16.7. The molecule has 0 spiro atoms. The maximum Gasteiger partial charge on any atom is 0.193 e. The summed E-state index contributed by atoms with van der Waals surface area (Å²) in [6.07, 6.45) is -0.262. The van der Waals surface area contributed by atoms with Gasteiger partial charge in [-0.1, -0.05) is 41.9 Å². The van der Waals surface area contributed by atoms with Crippen molar-refractivity contribution in [1.82, 2.24) is 0 Å². The number of anilines is 1. The van der Waals surface area contributed by atoms with Gasteiger partial charge in [0.15, 0.2) is 5.96 Å². The number of rotatable bonds is 6. The van der Waals surface area contributed by atoms with Crippen LogP contribution in [0, 0.1) is 0 Å². The number of methoxy groups -OCH3 is 2. The van der Waals surface area contributed by atoms with Crippen LogP contribution in [0.3, 0.4) is 0 Å². The van der Waals surface area contributed by atoms with Crippen molar-refractivity contribution in [3.63, 3.8) is 0 Å². The Morgan fingerprint density at radius 3 is 2.50 bits per heavy atom. The second-order valence-corrected chi connectivity index (χ2v) is 5.20. The van der Waals surface area contributed by atoms with E-state index in [2.05, 4.69) is 10.3 Å². The van der Waals surface area contributed by atoms with Gasteiger partial charge in [0.2, 0.25) is 0 Å². The fourth-order valence-corrected chi connectivity index (χ4v) is 2.40. The van der Waals surface area contributed by atoms with E-state index in [1.807, 2.05) is 48.5 Å². The molecule has 2 rings (SSSR count). The molecule has 0 radical (unpaired) electrons. The molecule has 0 aliphatic rings. The second kappa shape index (κ2) is 10.4. The minimum atomic E-state index is -0.262. The van der Waals surface area contributed by atoms with Crippen LogP contribution in [0.25, 0.3) is 0 Å². The summed E-state index contributed by atoms with van der Waals surface area (Å²) in [5, 5.41) is 3.67. The molecule has 24 heavy (non-hydrogen) atoms. The van der Waals surface area contributed by atoms with E-state index in [0.29, 0.717) is 17.3 Å². The van der Waals surface area contributed by atoms with Crippen molar-refractivity contribution < 1.29 is 9.47 Å². The summed E-state index contributed by atoms with van der Waals surface area (Å²) < 4.78 is 10.7. The van der Waals surface area contributed by atoms with Crippen LogP contribution in [0.4, 0.5) is 5.69 Å².